The second kappa shape index (κ2) is 7.12. The monoisotopic (exact) mass is 314 g/mol. The molecule has 1 rings (SSSR count). The predicted octanol–water partition coefficient (Wildman–Crippen LogP) is 2.67. The summed E-state index contributed by atoms with van der Waals surface area (Å²) in [5, 5.41) is 3.45. The number of rotatable bonds is 7. The van der Waals surface area contributed by atoms with Crippen molar-refractivity contribution in [2.45, 2.75) is 25.7 Å². The Balaban J connectivity index is 2.69. The van der Waals surface area contributed by atoms with Gasteiger partial charge in [-0.3, -0.25) is 0 Å². The minimum Gasteiger partial charge on any atom is -0.496 e. The molecule has 1 aromatic carbocycles. The van der Waals surface area contributed by atoms with Crippen LogP contribution in [-0.4, -0.2) is 26.7 Å². The summed E-state index contributed by atoms with van der Waals surface area (Å²) in [7, 11) is 1.68. The van der Waals surface area contributed by atoms with Crippen molar-refractivity contribution in [3.05, 3.63) is 28.2 Å². The number of methoxy groups -OCH3 is 1. The van der Waals surface area contributed by atoms with Crippen LogP contribution in [0.1, 0.15) is 25.8 Å². The molecule has 0 saturated carbocycles. The Morgan fingerprint density at radius 1 is 1.39 bits per heavy atom. The summed E-state index contributed by atoms with van der Waals surface area (Å²) in [6.45, 7) is 7.11. The van der Waals surface area contributed by atoms with Gasteiger partial charge in [0, 0.05) is 12.0 Å². The Bertz CT molecular complexity index is 380. The third-order valence-corrected chi connectivity index (χ3v) is 3.68. The smallest absolute Gasteiger partial charge is 0.133 e. The summed E-state index contributed by atoms with van der Waals surface area (Å²) in [6, 6.07) is 6.25. The van der Waals surface area contributed by atoms with Crippen LogP contribution in [0.3, 0.4) is 0 Å². The second-order valence-electron chi connectivity index (χ2n) is 5.05. The molecule has 0 unspecified atom stereocenters. The molecule has 0 aromatic heterocycles. The highest BCUT2D eigenvalue weighted by molar-refractivity contribution is 9.10. The Morgan fingerprint density at radius 2 is 2.11 bits per heavy atom. The van der Waals surface area contributed by atoms with Crippen molar-refractivity contribution >= 4 is 15.9 Å². The maximum atomic E-state index is 5.48. The van der Waals surface area contributed by atoms with Gasteiger partial charge in [-0.05, 0) is 53.1 Å². The summed E-state index contributed by atoms with van der Waals surface area (Å²) in [6.07, 6.45) is 1.02. The maximum absolute atomic E-state index is 5.48. The van der Waals surface area contributed by atoms with Crippen LogP contribution in [0.25, 0.3) is 0 Å². The van der Waals surface area contributed by atoms with Crippen LogP contribution in [0.5, 0.6) is 5.75 Å². The third kappa shape index (κ3) is 4.26. The molecule has 0 fully saturated rings. The van der Waals surface area contributed by atoms with Crippen molar-refractivity contribution in [2.75, 3.05) is 26.7 Å². The fraction of sp³-hybridized carbons (Fsp3) is 0.571. The molecule has 0 spiro atoms. The minimum atomic E-state index is 0.0867. The van der Waals surface area contributed by atoms with Gasteiger partial charge in [0.2, 0.25) is 0 Å². The predicted molar refractivity (Wildman–Crippen MR) is 80.3 cm³/mol. The van der Waals surface area contributed by atoms with Gasteiger partial charge in [0.1, 0.15) is 5.75 Å². The Labute approximate surface area is 118 Å². The van der Waals surface area contributed by atoms with E-state index in [1.54, 1.807) is 7.11 Å². The molecular weight excluding hydrogens is 292 g/mol. The molecule has 0 aliphatic carbocycles. The fourth-order valence-corrected chi connectivity index (χ4v) is 2.36. The molecule has 102 valence electrons. The van der Waals surface area contributed by atoms with Gasteiger partial charge in [0.05, 0.1) is 11.6 Å². The molecule has 0 atom stereocenters. The van der Waals surface area contributed by atoms with Crippen molar-refractivity contribution in [1.29, 1.82) is 0 Å². The van der Waals surface area contributed by atoms with Gasteiger partial charge >= 0.3 is 0 Å². The third-order valence-electron chi connectivity index (χ3n) is 3.06. The van der Waals surface area contributed by atoms with Gasteiger partial charge in [0.25, 0.3) is 0 Å². The first-order valence-corrected chi connectivity index (χ1v) is 7.05. The Hall–Kier alpha value is -0.580. The average Bonchev–Trinajstić information content (AvgIpc) is 2.34. The van der Waals surface area contributed by atoms with Gasteiger partial charge in [-0.1, -0.05) is 19.9 Å². The van der Waals surface area contributed by atoms with Crippen LogP contribution in [0.4, 0.5) is 0 Å². The average molecular weight is 315 g/mol. The molecule has 0 aliphatic rings. The quantitative estimate of drug-likeness (QED) is 0.761. The summed E-state index contributed by atoms with van der Waals surface area (Å²) in [5.41, 5.74) is 6.86. The molecule has 3 nitrogen and oxygen atoms in total. The summed E-state index contributed by atoms with van der Waals surface area (Å²) in [4.78, 5) is 0. The van der Waals surface area contributed by atoms with Crippen LogP contribution in [0, 0.1) is 0 Å². The van der Waals surface area contributed by atoms with Gasteiger partial charge in [0.15, 0.2) is 0 Å². The molecule has 4 heteroatoms. The lowest BCUT2D eigenvalue weighted by Crippen LogP contribution is -2.34. The fourth-order valence-electron chi connectivity index (χ4n) is 1.82. The van der Waals surface area contributed by atoms with E-state index in [-0.39, 0.29) is 5.41 Å². The van der Waals surface area contributed by atoms with Crippen molar-refractivity contribution in [2.24, 2.45) is 5.73 Å². The normalized spacial score (nSPS) is 11.6. The number of hydrogen-bond acceptors (Lipinski definition) is 3. The lowest BCUT2D eigenvalue weighted by atomic mass is 9.84. The highest BCUT2D eigenvalue weighted by Crippen LogP contribution is 2.31. The van der Waals surface area contributed by atoms with Gasteiger partial charge in [-0.25, -0.2) is 0 Å². The van der Waals surface area contributed by atoms with E-state index < -0.39 is 0 Å². The second-order valence-corrected chi connectivity index (χ2v) is 5.91. The van der Waals surface area contributed by atoms with E-state index in [2.05, 4.69) is 47.2 Å². The topological polar surface area (TPSA) is 47.3 Å². The van der Waals surface area contributed by atoms with Crippen LogP contribution >= 0.6 is 15.9 Å². The highest BCUT2D eigenvalue weighted by atomic mass is 79.9. The summed E-state index contributed by atoms with van der Waals surface area (Å²) < 4.78 is 6.25. The number of halogens is 1. The standard InChI is InChI=1S/C14H23BrN2O/c1-14(2,10-17-8-4-7-16)11-5-6-13(18-3)12(15)9-11/h5-6,9,17H,4,7-8,10,16H2,1-3H3. The number of nitrogens with two attached hydrogens (primary N) is 1. The SMILES string of the molecule is COc1ccc(C(C)(C)CNCCCN)cc1Br. The van der Waals surface area contributed by atoms with E-state index in [4.69, 9.17) is 10.5 Å². The highest BCUT2D eigenvalue weighted by Gasteiger charge is 2.20. The summed E-state index contributed by atoms with van der Waals surface area (Å²) in [5.74, 6) is 0.866. The van der Waals surface area contributed by atoms with E-state index >= 15 is 0 Å². The van der Waals surface area contributed by atoms with Crippen molar-refractivity contribution < 1.29 is 4.74 Å². The maximum Gasteiger partial charge on any atom is 0.133 e. The number of benzene rings is 1. The molecule has 0 bridgehead atoms. The molecule has 0 saturated heterocycles. The molecular formula is C14H23BrN2O. The van der Waals surface area contributed by atoms with E-state index in [0.717, 1.165) is 36.3 Å². The Morgan fingerprint density at radius 3 is 2.67 bits per heavy atom. The molecule has 0 aliphatic heterocycles. The first-order valence-electron chi connectivity index (χ1n) is 6.26. The van der Waals surface area contributed by atoms with Gasteiger partial charge in [-0.15, -0.1) is 0 Å². The van der Waals surface area contributed by atoms with Gasteiger partial charge in [-0.2, -0.15) is 0 Å². The lowest BCUT2D eigenvalue weighted by molar-refractivity contribution is 0.410. The van der Waals surface area contributed by atoms with Crippen LogP contribution in [0.2, 0.25) is 0 Å². The minimum absolute atomic E-state index is 0.0867. The van der Waals surface area contributed by atoms with Crippen molar-refractivity contribution in [1.82, 2.24) is 5.32 Å². The zero-order chi connectivity index (χ0) is 13.6. The first kappa shape index (κ1) is 15.5. The molecule has 18 heavy (non-hydrogen) atoms. The zero-order valence-corrected chi connectivity index (χ0v) is 13.0. The molecule has 0 heterocycles. The van der Waals surface area contributed by atoms with E-state index in [1.807, 2.05) is 6.07 Å². The first-order chi connectivity index (χ1) is 8.51. The van der Waals surface area contributed by atoms with E-state index in [0.29, 0.717) is 0 Å². The number of ether oxygens (including phenoxy) is 1. The van der Waals surface area contributed by atoms with E-state index in [9.17, 15) is 0 Å². The van der Waals surface area contributed by atoms with Gasteiger partial charge < -0.3 is 15.8 Å². The number of hydrogen-bond donors (Lipinski definition) is 2. The van der Waals surface area contributed by atoms with Crippen molar-refractivity contribution in [3.63, 3.8) is 0 Å². The molecule has 3 N–H and O–H groups in total. The van der Waals surface area contributed by atoms with Crippen LogP contribution in [0.15, 0.2) is 22.7 Å². The number of nitrogens with one attached hydrogen (secondary N) is 1. The Kier molecular flexibility index (Phi) is 6.12. The largest absolute Gasteiger partial charge is 0.496 e. The van der Waals surface area contributed by atoms with Crippen LogP contribution < -0.4 is 15.8 Å². The zero-order valence-electron chi connectivity index (χ0n) is 11.4. The lowest BCUT2D eigenvalue weighted by Gasteiger charge is -2.26. The van der Waals surface area contributed by atoms with Crippen LogP contribution in [-0.2, 0) is 5.41 Å². The summed E-state index contributed by atoms with van der Waals surface area (Å²) >= 11 is 3.53. The van der Waals surface area contributed by atoms with Crippen molar-refractivity contribution in [3.8, 4) is 5.75 Å². The molecule has 1 aromatic rings. The molecule has 0 radical (unpaired) electrons. The molecule has 0 amide bonds. The van der Waals surface area contributed by atoms with E-state index in [1.165, 1.54) is 5.56 Å².